The lowest BCUT2D eigenvalue weighted by Crippen LogP contribution is -2.29. The first-order valence-corrected chi connectivity index (χ1v) is 11.3. The molecule has 0 aliphatic carbocycles. The van der Waals surface area contributed by atoms with E-state index in [9.17, 15) is 4.79 Å². The lowest BCUT2D eigenvalue weighted by molar-refractivity contribution is 0.0948. The molecule has 0 aromatic heterocycles. The predicted molar refractivity (Wildman–Crippen MR) is 130 cm³/mol. The van der Waals surface area contributed by atoms with Crippen molar-refractivity contribution in [3.8, 4) is 0 Å². The quantitative estimate of drug-likeness (QED) is 0.325. The average molecular weight is 457 g/mol. The van der Waals surface area contributed by atoms with Crippen LogP contribution in [0.15, 0.2) is 17.1 Å². The Hall–Kier alpha value is -1.20. The number of carbonyl (C=O) groups is 1. The molecule has 162 valence electrons. The van der Waals surface area contributed by atoms with Gasteiger partial charge >= 0.3 is 0 Å². The highest BCUT2D eigenvalue weighted by atomic mass is 79.9. The summed E-state index contributed by atoms with van der Waals surface area (Å²) in [5, 5.41) is 6.21. The molecule has 1 aromatic carbocycles. The molecule has 0 radical (unpaired) electrons. The van der Waals surface area contributed by atoms with Crippen LogP contribution in [-0.4, -0.2) is 32.8 Å². The Morgan fingerprint density at radius 3 is 2.18 bits per heavy atom. The van der Waals surface area contributed by atoms with Gasteiger partial charge in [-0.15, -0.1) is 0 Å². The van der Waals surface area contributed by atoms with E-state index >= 15 is 0 Å². The Kier molecular flexibility index (Phi) is 16.3. The van der Waals surface area contributed by atoms with E-state index in [4.69, 9.17) is 0 Å². The van der Waals surface area contributed by atoms with Gasteiger partial charge in [0.2, 0.25) is 0 Å². The van der Waals surface area contributed by atoms with E-state index in [-0.39, 0.29) is 16.1 Å². The lowest BCUT2D eigenvalue weighted by atomic mass is 9.85. The number of amides is 1. The van der Waals surface area contributed by atoms with Crippen LogP contribution in [-0.2, 0) is 0 Å². The number of nitrogens with one attached hydrogen (secondary N) is 2. The lowest BCUT2D eigenvalue weighted by Gasteiger charge is -2.24. The summed E-state index contributed by atoms with van der Waals surface area (Å²) in [5.74, 6) is -0.0834. The molecule has 5 heteroatoms. The van der Waals surface area contributed by atoms with Crippen molar-refractivity contribution in [2.45, 2.75) is 73.1 Å². The zero-order valence-corrected chi connectivity index (χ0v) is 21.1. The van der Waals surface area contributed by atoms with Crippen molar-refractivity contribution in [1.82, 2.24) is 10.6 Å². The summed E-state index contributed by atoms with van der Waals surface area (Å²) in [7, 11) is 1.96. The van der Waals surface area contributed by atoms with Gasteiger partial charge in [-0.05, 0) is 69.6 Å². The number of hydrogen-bond donors (Lipinski definition) is 2. The fourth-order valence-corrected chi connectivity index (χ4v) is 3.01. The van der Waals surface area contributed by atoms with Crippen LogP contribution in [0.25, 0.3) is 0 Å². The molecule has 1 atom stereocenters. The molecule has 0 aliphatic heterocycles. The molecule has 0 fully saturated rings. The minimum Gasteiger partial charge on any atom is -0.352 e. The second-order valence-electron chi connectivity index (χ2n) is 7.05. The zero-order chi connectivity index (χ0) is 22.3. The molecule has 1 aromatic rings. The maximum atomic E-state index is 12.6. The minimum absolute atomic E-state index is 0.0834. The molecule has 0 heterocycles. The van der Waals surface area contributed by atoms with Gasteiger partial charge in [0.1, 0.15) is 0 Å². The van der Waals surface area contributed by atoms with Gasteiger partial charge in [-0.3, -0.25) is 9.79 Å². The largest absolute Gasteiger partial charge is 0.352 e. The third-order valence-corrected chi connectivity index (χ3v) is 4.75. The average Bonchev–Trinajstić information content (AvgIpc) is 2.68. The molecule has 0 bridgehead atoms. The van der Waals surface area contributed by atoms with E-state index in [1.807, 2.05) is 60.7 Å². The highest BCUT2D eigenvalue weighted by Crippen LogP contribution is 2.34. The topological polar surface area (TPSA) is 53.5 Å². The Bertz CT molecular complexity index is 583. The maximum Gasteiger partial charge on any atom is 0.253 e. The number of carbonyl (C=O) groups excluding carboxylic acids is 1. The van der Waals surface area contributed by atoms with Crippen molar-refractivity contribution >= 4 is 34.2 Å². The fourth-order valence-electron chi connectivity index (χ4n) is 2.66. The standard InChI is InChI=1S/C19H30BrN3O.2C2H6/c1-13-11-15(14(2)20)17(22-6)16(12-13)18(24)23-10-8-19(3,4)7-9-21-5;2*1-2/h11-12,14,21H,6-10H2,1-5H3,(H,23,24);2*1-2H3. The van der Waals surface area contributed by atoms with Crippen LogP contribution in [0.2, 0.25) is 0 Å². The van der Waals surface area contributed by atoms with Crippen LogP contribution in [0, 0.1) is 12.3 Å². The van der Waals surface area contributed by atoms with Gasteiger partial charge in [-0.1, -0.05) is 63.5 Å². The Morgan fingerprint density at radius 1 is 1.18 bits per heavy atom. The number of halogens is 1. The van der Waals surface area contributed by atoms with Crippen LogP contribution in [0.4, 0.5) is 5.69 Å². The summed E-state index contributed by atoms with van der Waals surface area (Å²) < 4.78 is 0. The van der Waals surface area contributed by atoms with Gasteiger partial charge in [0.05, 0.1) is 11.3 Å². The summed E-state index contributed by atoms with van der Waals surface area (Å²) in [6.45, 7) is 21.7. The Balaban J connectivity index is 0. The van der Waals surface area contributed by atoms with Gasteiger partial charge in [-0.2, -0.15) is 0 Å². The molecule has 4 nitrogen and oxygen atoms in total. The molecular formula is C23H42BrN3O. The molecule has 0 saturated carbocycles. The van der Waals surface area contributed by atoms with E-state index in [0.717, 1.165) is 30.5 Å². The van der Waals surface area contributed by atoms with Crippen molar-refractivity contribution in [3.05, 3.63) is 28.8 Å². The van der Waals surface area contributed by atoms with E-state index in [1.54, 1.807) is 0 Å². The molecule has 0 spiro atoms. The molecule has 0 aliphatic rings. The predicted octanol–water partition coefficient (Wildman–Crippen LogP) is 6.59. The van der Waals surface area contributed by atoms with Gasteiger partial charge in [-0.25, -0.2) is 0 Å². The summed E-state index contributed by atoms with van der Waals surface area (Å²) in [4.78, 5) is 16.8. The molecule has 2 N–H and O–H groups in total. The van der Waals surface area contributed by atoms with Crippen LogP contribution in [0.1, 0.15) is 87.6 Å². The van der Waals surface area contributed by atoms with Crippen LogP contribution >= 0.6 is 15.9 Å². The SMILES string of the molecule is C=Nc1c(C(=O)NCCC(C)(C)CCNC)cc(C)cc1C(C)Br.CC.CC. The van der Waals surface area contributed by atoms with Crippen molar-refractivity contribution < 1.29 is 4.79 Å². The normalized spacial score (nSPS) is 11.4. The van der Waals surface area contributed by atoms with Gasteiger partial charge in [0.25, 0.3) is 5.91 Å². The first-order valence-electron chi connectivity index (χ1n) is 10.4. The summed E-state index contributed by atoms with van der Waals surface area (Å²) in [6.07, 6.45) is 2.01. The number of benzene rings is 1. The number of nitrogens with zero attached hydrogens (tertiary/aromatic N) is 1. The van der Waals surface area contributed by atoms with Crippen molar-refractivity contribution in [2.24, 2.45) is 10.4 Å². The van der Waals surface area contributed by atoms with E-state index < -0.39 is 0 Å². The van der Waals surface area contributed by atoms with Crippen LogP contribution in [0.5, 0.6) is 0 Å². The molecule has 1 amide bonds. The fraction of sp³-hybridized carbons (Fsp3) is 0.652. The van der Waals surface area contributed by atoms with E-state index in [1.165, 1.54) is 0 Å². The zero-order valence-electron chi connectivity index (χ0n) is 19.5. The van der Waals surface area contributed by atoms with Gasteiger partial charge in [0, 0.05) is 11.4 Å². The highest BCUT2D eigenvalue weighted by Gasteiger charge is 2.20. The van der Waals surface area contributed by atoms with Crippen molar-refractivity contribution in [2.75, 3.05) is 20.1 Å². The van der Waals surface area contributed by atoms with E-state index in [2.05, 4.69) is 52.1 Å². The second-order valence-corrected chi connectivity index (χ2v) is 8.42. The monoisotopic (exact) mass is 455 g/mol. The second kappa shape index (κ2) is 15.7. The van der Waals surface area contributed by atoms with Crippen molar-refractivity contribution in [3.63, 3.8) is 0 Å². The molecule has 1 unspecified atom stereocenters. The Morgan fingerprint density at radius 2 is 1.71 bits per heavy atom. The minimum atomic E-state index is -0.0834. The number of hydrogen-bond acceptors (Lipinski definition) is 3. The molecular weight excluding hydrogens is 414 g/mol. The van der Waals surface area contributed by atoms with Gasteiger partial charge < -0.3 is 10.6 Å². The first-order chi connectivity index (χ1) is 13.2. The number of alkyl halides is 1. The van der Waals surface area contributed by atoms with Crippen molar-refractivity contribution in [1.29, 1.82) is 0 Å². The third kappa shape index (κ3) is 10.4. The number of aryl methyl sites for hydroxylation is 1. The summed E-state index contributed by atoms with van der Waals surface area (Å²) in [6, 6.07) is 3.92. The molecule has 28 heavy (non-hydrogen) atoms. The summed E-state index contributed by atoms with van der Waals surface area (Å²) in [5.41, 5.74) is 3.49. The van der Waals surface area contributed by atoms with E-state index in [0.29, 0.717) is 17.8 Å². The maximum absolute atomic E-state index is 12.6. The van der Waals surface area contributed by atoms with Crippen LogP contribution in [0.3, 0.4) is 0 Å². The molecule has 0 saturated heterocycles. The summed E-state index contributed by atoms with van der Waals surface area (Å²) >= 11 is 3.57. The van der Waals surface area contributed by atoms with Crippen LogP contribution < -0.4 is 10.6 Å². The number of aliphatic imine (C=N–C) groups is 1. The number of rotatable bonds is 9. The third-order valence-electron chi connectivity index (χ3n) is 4.25. The Labute approximate surface area is 182 Å². The highest BCUT2D eigenvalue weighted by molar-refractivity contribution is 9.09. The van der Waals surface area contributed by atoms with Gasteiger partial charge in [0.15, 0.2) is 0 Å². The smallest absolute Gasteiger partial charge is 0.253 e. The molecule has 1 rings (SSSR count). The first kappa shape index (κ1) is 29.0.